The van der Waals surface area contributed by atoms with Gasteiger partial charge in [0.25, 0.3) is 10.1 Å². The van der Waals surface area contributed by atoms with E-state index in [1.54, 1.807) is 0 Å². The van der Waals surface area contributed by atoms with Crippen LogP contribution >= 0.6 is 46.4 Å². The lowest BCUT2D eigenvalue weighted by Crippen LogP contribution is -2.38. The molecule has 0 amide bonds. The lowest BCUT2D eigenvalue weighted by Gasteiger charge is -2.33. The normalized spacial score (nSPS) is 13.8. The first kappa shape index (κ1) is 22.0. The van der Waals surface area contributed by atoms with Crippen LogP contribution < -0.4 is 0 Å². The van der Waals surface area contributed by atoms with Gasteiger partial charge >= 0.3 is 0 Å². The van der Waals surface area contributed by atoms with Crippen molar-refractivity contribution in [3.63, 3.8) is 0 Å². The summed E-state index contributed by atoms with van der Waals surface area (Å²) < 4.78 is 33.9. The summed E-state index contributed by atoms with van der Waals surface area (Å²) in [7, 11) is -5.08. The van der Waals surface area contributed by atoms with Crippen LogP contribution in [0.3, 0.4) is 0 Å². The molecule has 10 heteroatoms. The van der Waals surface area contributed by atoms with Gasteiger partial charge in [-0.05, 0) is 53.6 Å². The molecule has 1 unspecified atom stereocenters. The number of rotatable bonds is 4. The third-order valence-electron chi connectivity index (χ3n) is 4.37. The zero-order valence-electron chi connectivity index (χ0n) is 14.3. The van der Waals surface area contributed by atoms with Crippen LogP contribution in [0.4, 0.5) is 0 Å². The van der Waals surface area contributed by atoms with Crippen molar-refractivity contribution in [1.82, 2.24) is 0 Å². The fourth-order valence-corrected chi connectivity index (χ4v) is 5.24. The summed E-state index contributed by atoms with van der Waals surface area (Å²) in [6.45, 7) is 0. The van der Waals surface area contributed by atoms with E-state index in [2.05, 4.69) is 0 Å². The summed E-state index contributed by atoms with van der Waals surface area (Å²) in [5, 5.41) is 20.4. The smallest absolute Gasteiger partial charge is 0.283 e. The number of aromatic hydroxyl groups is 2. The summed E-state index contributed by atoms with van der Waals surface area (Å²) in [4.78, 5) is 0. The molecule has 3 aromatic carbocycles. The Morgan fingerprint density at radius 1 is 0.793 bits per heavy atom. The maximum atomic E-state index is 12.9. The van der Waals surface area contributed by atoms with Gasteiger partial charge in [0.2, 0.25) is 0 Å². The van der Waals surface area contributed by atoms with Crippen LogP contribution in [0, 0.1) is 0 Å². The third kappa shape index (κ3) is 3.77. The predicted molar refractivity (Wildman–Crippen MR) is 114 cm³/mol. The number of benzene rings is 3. The Bertz CT molecular complexity index is 1190. The van der Waals surface area contributed by atoms with Crippen LogP contribution in [0.2, 0.25) is 20.1 Å². The Kier molecular flexibility index (Phi) is 5.98. The molecule has 0 saturated carbocycles. The summed E-state index contributed by atoms with van der Waals surface area (Å²) in [5.41, 5.74) is -0.484. The van der Waals surface area contributed by atoms with Gasteiger partial charge in [0, 0.05) is 10.6 Å². The van der Waals surface area contributed by atoms with Crippen LogP contribution in [0.25, 0.3) is 0 Å². The Balaban J connectivity index is 2.61. The van der Waals surface area contributed by atoms with Gasteiger partial charge in [-0.15, -0.1) is 0 Å². The van der Waals surface area contributed by atoms with Crippen LogP contribution in [-0.4, -0.2) is 23.2 Å². The number of hydrogen-bond donors (Lipinski definition) is 3. The molecule has 0 spiro atoms. The highest BCUT2D eigenvalue weighted by Gasteiger charge is 2.50. The topological polar surface area (TPSA) is 94.8 Å². The van der Waals surface area contributed by atoms with Gasteiger partial charge in [0.15, 0.2) is 4.75 Å². The molecule has 3 N–H and O–H groups in total. The molecule has 3 rings (SSSR count). The molecule has 0 heterocycles. The number of phenols is 2. The van der Waals surface area contributed by atoms with E-state index in [-0.39, 0.29) is 42.5 Å². The summed E-state index contributed by atoms with van der Waals surface area (Å²) in [6.07, 6.45) is 0. The predicted octanol–water partition coefficient (Wildman–Crippen LogP) is 5.89. The van der Waals surface area contributed by atoms with Gasteiger partial charge < -0.3 is 10.2 Å². The molecule has 3 aromatic rings. The quantitative estimate of drug-likeness (QED) is 0.239. The lowest BCUT2D eigenvalue weighted by molar-refractivity contribution is 0.439. The van der Waals surface area contributed by atoms with E-state index < -0.39 is 20.6 Å². The van der Waals surface area contributed by atoms with Crippen LogP contribution in [0.5, 0.6) is 11.5 Å². The van der Waals surface area contributed by atoms with Crippen LogP contribution in [0.15, 0.2) is 54.6 Å². The van der Waals surface area contributed by atoms with Crippen molar-refractivity contribution in [2.45, 2.75) is 4.75 Å². The SMILES string of the molecule is O=S(=O)(O)C(c1cccc(O)c1)(c1cc(Cl)c(Cl)c(Cl)c1)c1cc(Cl)ccc1O. The summed E-state index contributed by atoms with van der Waals surface area (Å²) >= 11 is 24.3. The maximum absolute atomic E-state index is 12.9. The van der Waals surface area contributed by atoms with Crippen LogP contribution in [-0.2, 0) is 14.9 Å². The molecule has 0 fully saturated rings. The summed E-state index contributed by atoms with van der Waals surface area (Å²) in [5.74, 6) is -0.749. The maximum Gasteiger partial charge on any atom is 0.283 e. The van der Waals surface area contributed by atoms with Crippen molar-refractivity contribution in [3.8, 4) is 11.5 Å². The number of halogens is 4. The second-order valence-electron chi connectivity index (χ2n) is 6.12. The Labute approximate surface area is 186 Å². The molecule has 0 aromatic heterocycles. The van der Waals surface area contributed by atoms with Gasteiger partial charge in [0.1, 0.15) is 11.5 Å². The number of phenolic OH excluding ortho intramolecular Hbond substituents is 2. The average Bonchev–Trinajstić information content (AvgIpc) is 2.62. The molecule has 1 atom stereocenters. The van der Waals surface area contributed by atoms with E-state index in [1.165, 1.54) is 48.5 Å². The molecule has 0 aliphatic heterocycles. The molecule has 0 aliphatic rings. The molecule has 152 valence electrons. The zero-order chi connectivity index (χ0) is 21.6. The Morgan fingerprint density at radius 3 is 1.97 bits per heavy atom. The molecule has 0 radical (unpaired) electrons. The monoisotopic (exact) mass is 492 g/mol. The minimum atomic E-state index is -5.08. The highest BCUT2D eigenvalue weighted by atomic mass is 35.5. The van der Waals surface area contributed by atoms with Crippen LogP contribution in [0.1, 0.15) is 16.7 Å². The van der Waals surface area contributed by atoms with Crippen molar-refractivity contribution >= 4 is 56.5 Å². The molecule has 0 saturated heterocycles. The van der Waals surface area contributed by atoms with Gasteiger partial charge in [-0.2, -0.15) is 8.42 Å². The first-order valence-corrected chi connectivity index (χ1v) is 10.8. The molecular weight excluding hydrogens is 482 g/mol. The zero-order valence-corrected chi connectivity index (χ0v) is 18.1. The lowest BCUT2D eigenvalue weighted by atomic mass is 9.83. The number of hydrogen-bond acceptors (Lipinski definition) is 4. The Morgan fingerprint density at radius 2 is 1.41 bits per heavy atom. The summed E-state index contributed by atoms with van der Waals surface area (Å²) in [6, 6.07) is 11.3. The van der Waals surface area contributed by atoms with Crippen molar-refractivity contribution in [1.29, 1.82) is 0 Å². The van der Waals surface area contributed by atoms with Crippen molar-refractivity contribution in [3.05, 3.63) is 91.4 Å². The second kappa shape index (κ2) is 7.87. The van der Waals surface area contributed by atoms with Crippen molar-refractivity contribution < 1.29 is 23.2 Å². The van der Waals surface area contributed by atoms with E-state index in [0.717, 1.165) is 6.07 Å². The van der Waals surface area contributed by atoms with Gasteiger partial charge in [-0.25, -0.2) is 0 Å². The van der Waals surface area contributed by atoms with Crippen molar-refractivity contribution in [2.24, 2.45) is 0 Å². The minimum Gasteiger partial charge on any atom is -0.508 e. The molecule has 0 aliphatic carbocycles. The average molecular weight is 494 g/mol. The highest BCUT2D eigenvalue weighted by molar-refractivity contribution is 7.87. The largest absolute Gasteiger partial charge is 0.508 e. The van der Waals surface area contributed by atoms with E-state index in [0.29, 0.717) is 0 Å². The third-order valence-corrected chi connectivity index (χ3v) is 7.26. The van der Waals surface area contributed by atoms with E-state index >= 15 is 0 Å². The fraction of sp³-hybridized carbons (Fsp3) is 0.0526. The molecule has 29 heavy (non-hydrogen) atoms. The fourth-order valence-electron chi connectivity index (χ4n) is 3.19. The van der Waals surface area contributed by atoms with E-state index in [9.17, 15) is 23.2 Å². The minimum absolute atomic E-state index is 0.0208. The molecule has 5 nitrogen and oxygen atoms in total. The second-order valence-corrected chi connectivity index (χ2v) is 9.31. The molecular formula is C19H12Cl4O5S. The Hall–Kier alpha value is -1.67. The van der Waals surface area contributed by atoms with Crippen molar-refractivity contribution in [2.75, 3.05) is 0 Å². The van der Waals surface area contributed by atoms with E-state index in [4.69, 9.17) is 46.4 Å². The van der Waals surface area contributed by atoms with E-state index in [1.807, 2.05) is 0 Å². The highest BCUT2D eigenvalue weighted by Crippen LogP contribution is 2.50. The standard InChI is InChI=1S/C19H12Cl4O5S/c20-12-4-5-17(25)14(9-12)19(29(26,27)28,10-2-1-3-13(24)6-10)11-7-15(21)18(23)16(22)8-11/h1-9,24-25H,(H,26,27,28). The molecule has 0 bridgehead atoms. The van der Waals surface area contributed by atoms with Gasteiger partial charge in [-0.1, -0.05) is 58.5 Å². The first-order valence-electron chi connectivity index (χ1n) is 7.89. The first-order chi connectivity index (χ1) is 13.5. The van der Waals surface area contributed by atoms with Gasteiger partial charge in [0.05, 0.1) is 15.1 Å². The van der Waals surface area contributed by atoms with Gasteiger partial charge in [-0.3, -0.25) is 4.55 Å².